The first kappa shape index (κ1) is 15.4. The Morgan fingerprint density at radius 3 is 2.72 bits per heavy atom. The third kappa shape index (κ3) is 3.92. The highest BCUT2D eigenvalue weighted by atomic mass is 16.5. The molecule has 0 fully saturated rings. The summed E-state index contributed by atoms with van der Waals surface area (Å²) in [6, 6.07) is 0. The molecule has 0 saturated heterocycles. The monoisotopic (exact) mass is 254 g/mol. The lowest BCUT2D eigenvalue weighted by atomic mass is 9.80. The van der Waals surface area contributed by atoms with E-state index in [4.69, 9.17) is 4.74 Å². The number of aliphatic hydroxyl groups is 1. The third-order valence-electron chi connectivity index (χ3n) is 3.64. The van der Waals surface area contributed by atoms with Crippen molar-refractivity contribution in [2.75, 3.05) is 6.61 Å². The summed E-state index contributed by atoms with van der Waals surface area (Å²) < 4.78 is 5.75. The molecule has 0 aromatic heterocycles. The van der Waals surface area contributed by atoms with Gasteiger partial charge in [0.05, 0.1) is 6.10 Å². The van der Waals surface area contributed by atoms with Crippen LogP contribution >= 0.6 is 0 Å². The average Bonchev–Trinajstić information content (AvgIpc) is 2.36. The fraction of sp³-hybridized carbons (Fsp3) is 0.800. The van der Waals surface area contributed by atoms with E-state index in [9.17, 15) is 9.90 Å². The van der Waals surface area contributed by atoms with Crippen molar-refractivity contribution in [3.63, 3.8) is 0 Å². The molecule has 0 amide bonds. The largest absolute Gasteiger partial charge is 0.390 e. The van der Waals surface area contributed by atoms with Crippen LogP contribution in [0, 0.1) is 5.41 Å². The van der Waals surface area contributed by atoms with Gasteiger partial charge in [0, 0.05) is 18.4 Å². The number of Topliss-reactive ketones (excluding diaryl/α,β-unsaturated/α-hetero) is 1. The molecule has 1 aliphatic carbocycles. The molecule has 0 spiro atoms. The van der Waals surface area contributed by atoms with E-state index < -0.39 is 11.5 Å². The van der Waals surface area contributed by atoms with Crippen LogP contribution in [-0.4, -0.2) is 29.7 Å². The van der Waals surface area contributed by atoms with Gasteiger partial charge in [-0.25, -0.2) is 0 Å². The first-order valence-corrected chi connectivity index (χ1v) is 6.89. The van der Waals surface area contributed by atoms with E-state index >= 15 is 0 Å². The third-order valence-corrected chi connectivity index (χ3v) is 3.64. The molecule has 0 aromatic rings. The quantitative estimate of drug-likeness (QED) is 0.767. The standard InChI is InChI=1S/C15H26O3/c1-5-6-7-8-18-13-9-11(2)12(16)10-15(3,4)14(13)17/h9,13-14,17H,5-8,10H2,1-4H3. The van der Waals surface area contributed by atoms with Crippen LogP contribution in [0.5, 0.6) is 0 Å². The minimum absolute atomic E-state index is 0.110. The molecule has 0 heterocycles. The Morgan fingerprint density at radius 2 is 2.11 bits per heavy atom. The number of hydrogen-bond acceptors (Lipinski definition) is 3. The zero-order chi connectivity index (χ0) is 13.8. The average molecular weight is 254 g/mol. The number of unbranched alkanes of at least 4 members (excludes halogenated alkanes) is 2. The summed E-state index contributed by atoms with van der Waals surface area (Å²) in [5.74, 6) is 0.110. The smallest absolute Gasteiger partial charge is 0.158 e. The number of ether oxygens (including phenoxy) is 1. The number of ketones is 1. The fourth-order valence-electron chi connectivity index (χ4n) is 2.24. The van der Waals surface area contributed by atoms with Crippen LogP contribution in [0.4, 0.5) is 0 Å². The van der Waals surface area contributed by atoms with Crippen LogP contribution in [0.25, 0.3) is 0 Å². The van der Waals surface area contributed by atoms with Crippen molar-refractivity contribution in [3.05, 3.63) is 11.6 Å². The second-order valence-corrected chi connectivity index (χ2v) is 5.93. The predicted octanol–water partition coefficient (Wildman–Crippen LogP) is 2.87. The van der Waals surface area contributed by atoms with E-state index in [1.807, 2.05) is 13.8 Å². The maximum absolute atomic E-state index is 11.9. The molecular weight excluding hydrogens is 228 g/mol. The molecule has 0 radical (unpaired) electrons. The van der Waals surface area contributed by atoms with Crippen molar-refractivity contribution in [1.29, 1.82) is 0 Å². The molecule has 1 rings (SSSR count). The van der Waals surface area contributed by atoms with Gasteiger partial charge in [-0.05, 0) is 25.0 Å². The Bertz CT molecular complexity index is 318. The van der Waals surface area contributed by atoms with Gasteiger partial charge in [0.15, 0.2) is 5.78 Å². The van der Waals surface area contributed by atoms with Crippen molar-refractivity contribution in [3.8, 4) is 0 Å². The molecule has 18 heavy (non-hydrogen) atoms. The molecule has 0 aromatic carbocycles. The van der Waals surface area contributed by atoms with E-state index in [0.717, 1.165) is 19.3 Å². The van der Waals surface area contributed by atoms with Gasteiger partial charge in [0.1, 0.15) is 6.10 Å². The Hall–Kier alpha value is -0.670. The molecule has 0 bridgehead atoms. The Kier molecular flexibility index (Phi) is 5.54. The number of allylic oxidation sites excluding steroid dienone is 1. The zero-order valence-corrected chi connectivity index (χ0v) is 12.0. The Labute approximate surface area is 110 Å². The van der Waals surface area contributed by atoms with Gasteiger partial charge < -0.3 is 9.84 Å². The normalized spacial score (nSPS) is 27.8. The molecule has 3 heteroatoms. The van der Waals surface area contributed by atoms with Crippen LogP contribution in [0.2, 0.25) is 0 Å². The number of carbonyl (C=O) groups is 1. The predicted molar refractivity (Wildman–Crippen MR) is 72.4 cm³/mol. The fourth-order valence-corrected chi connectivity index (χ4v) is 2.24. The SMILES string of the molecule is CCCCCOC1C=C(C)C(=O)CC(C)(C)C1O. The van der Waals surface area contributed by atoms with E-state index in [0.29, 0.717) is 18.6 Å². The number of hydrogen-bond donors (Lipinski definition) is 1. The lowest BCUT2D eigenvalue weighted by Crippen LogP contribution is -2.39. The second kappa shape index (κ2) is 6.48. The highest BCUT2D eigenvalue weighted by molar-refractivity contribution is 5.95. The van der Waals surface area contributed by atoms with E-state index in [1.165, 1.54) is 0 Å². The molecule has 0 aliphatic heterocycles. The maximum Gasteiger partial charge on any atom is 0.158 e. The summed E-state index contributed by atoms with van der Waals surface area (Å²) in [5.41, 5.74) is 0.279. The van der Waals surface area contributed by atoms with Crippen molar-refractivity contribution >= 4 is 5.78 Å². The first-order chi connectivity index (χ1) is 8.38. The molecule has 2 unspecified atom stereocenters. The molecule has 3 nitrogen and oxygen atoms in total. The Morgan fingerprint density at radius 1 is 1.44 bits per heavy atom. The van der Waals surface area contributed by atoms with E-state index in [-0.39, 0.29) is 11.9 Å². The van der Waals surface area contributed by atoms with Crippen LogP contribution in [0.3, 0.4) is 0 Å². The molecule has 1 aliphatic rings. The van der Waals surface area contributed by atoms with Crippen LogP contribution in [0.1, 0.15) is 53.4 Å². The lowest BCUT2D eigenvalue weighted by molar-refractivity contribution is -0.120. The van der Waals surface area contributed by atoms with Gasteiger partial charge in [-0.15, -0.1) is 0 Å². The summed E-state index contributed by atoms with van der Waals surface area (Å²) in [6.45, 7) is 8.43. The van der Waals surface area contributed by atoms with E-state index in [1.54, 1.807) is 13.0 Å². The van der Waals surface area contributed by atoms with Crippen LogP contribution in [-0.2, 0) is 9.53 Å². The highest BCUT2D eigenvalue weighted by Crippen LogP contribution is 2.33. The van der Waals surface area contributed by atoms with Gasteiger partial charge in [-0.3, -0.25) is 4.79 Å². The number of aliphatic hydroxyl groups excluding tert-OH is 1. The molecular formula is C15H26O3. The first-order valence-electron chi connectivity index (χ1n) is 6.89. The topological polar surface area (TPSA) is 46.5 Å². The minimum Gasteiger partial charge on any atom is -0.390 e. The maximum atomic E-state index is 11.9. The highest BCUT2D eigenvalue weighted by Gasteiger charge is 2.38. The van der Waals surface area contributed by atoms with Crippen molar-refractivity contribution in [2.45, 2.75) is 65.6 Å². The van der Waals surface area contributed by atoms with Crippen LogP contribution < -0.4 is 0 Å². The van der Waals surface area contributed by atoms with Crippen LogP contribution in [0.15, 0.2) is 11.6 Å². The summed E-state index contributed by atoms with van der Waals surface area (Å²) in [5, 5.41) is 10.3. The van der Waals surface area contributed by atoms with Crippen molar-refractivity contribution < 1.29 is 14.6 Å². The molecule has 104 valence electrons. The van der Waals surface area contributed by atoms with Gasteiger partial charge in [0.2, 0.25) is 0 Å². The molecule has 1 N–H and O–H groups in total. The summed E-state index contributed by atoms with van der Waals surface area (Å²) in [7, 11) is 0. The zero-order valence-electron chi connectivity index (χ0n) is 12.0. The Balaban J connectivity index is 2.70. The van der Waals surface area contributed by atoms with E-state index in [2.05, 4.69) is 6.92 Å². The van der Waals surface area contributed by atoms with Gasteiger partial charge in [-0.1, -0.05) is 33.6 Å². The molecule has 0 saturated carbocycles. The second-order valence-electron chi connectivity index (χ2n) is 5.93. The van der Waals surface area contributed by atoms with Gasteiger partial charge >= 0.3 is 0 Å². The summed E-state index contributed by atoms with van der Waals surface area (Å²) in [6.07, 6.45) is 4.47. The number of rotatable bonds is 5. The van der Waals surface area contributed by atoms with Gasteiger partial charge in [-0.2, -0.15) is 0 Å². The van der Waals surface area contributed by atoms with Crippen molar-refractivity contribution in [2.24, 2.45) is 5.41 Å². The summed E-state index contributed by atoms with van der Waals surface area (Å²) >= 11 is 0. The molecule has 2 atom stereocenters. The minimum atomic E-state index is -0.625. The lowest BCUT2D eigenvalue weighted by Gasteiger charge is -2.32. The van der Waals surface area contributed by atoms with Gasteiger partial charge in [0.25, 0.3) is 0 Å². The number of carbonyl (C=O) groups excluding carboxylic acids is 1. The summed E-state index contributed by atoms with van der Waals surface area (Å²) in [4.78, 5) is 11.9. The van der Waals surface area contributed by atoms with Crippen molar-refractivity contribution in [1.82, 2.24) is 0 Å².